The SMILES string of the molecule is O=C(NC1CCC(N(Cc2cccc(-c3ccncc3)c2)C(=O)c2sc3ccccc3c2Cl)CC1)c1cccc2ccccc12. The number of nitrogens with one attached hydrogen (secondary N) is 1. The second kappa shape index (κ2) is 12.8. The van der Waals surface area contributed by atoms with E-state index in [4.69, 9.17) is 11.6 Å². The summed E-state index contributed by atoms with van der Waals surface area (Å²) in [6, 6.07) is 34.1. The van der Waals surface area contributed by atoms with Gasteiger partial charge in [0.05, 0.1) is 5.02 Å². The number of thiophene rings is 1. The van der Waals surface area contributed by atoms with E-state index in [0.29, 0.717) is 22.0 Å². The topological polar surface area (TPSA) is 62.3 Å². The first kappa shape index (κ1) is 29.2. The third-order valence-corrected chi connectivity index (χ3v) is 10.5. The van der Waals surface area contributed by atoms with Crippen molar-refractivity contribution in [1.29, 1.82) is 0 Å². The van der Waals surface area contributed by atoms with E-state index < -0.39 is 0 Å². The average molecular weight is 630 g/mol. The number of halogens is 1. The van der Waals surface area contributed by atoms with Gasteiger partial charge < -0.3 is 10.2 Å². The van der Waals surface area contributed by atoms with Gasteiger partial charge >= 0.3 is 0 Å². The van der Waals surface area contributed by atoms with E-state index in [-0.39, 0.29) is 23.9 Å². The number of benzene rings is 4. The van der Waals surface area contributed by atoms with Gasteiger partial charge in [0.2, 0.25) is 0 Å². The van der Waals surface area contributed by atoms with Crippen LogP contribution in [0.15, 0.2) is 116 Å². The van der Waals surface area contributed by atoms with E-state index in [1.54, 1.807) is 12.4 Å². The number of carbonyl (C=O) groups is 2. The number of pyridine rings is 1. The quantitative estimate of drug-likeness (QED) is 0.192. The molecule has 224 valence electrons. The third-order valence-electron chi connectivity index (χ3n) is 8.79. The summed E-state index contributed by atoms with van der Waals surface area (Å²) in [4.78, 5) is 34.4. The second-order valence-corrected chi connectivity index (χ2v) is 13.0. The fraction of sp³-hybridized carbons (Fsp3) is 0.184. The minimum atomic E-state index is -0.0480. The van der Waals surface area contributed by atoms with E-state index in [1.807, 2.05) is 89.8 Å². The van der Waals surface area contributed by atoms with Crippen LogP contribution >= 0.6 is 22.9 Å². The van der Waals surface area contributed by atoms with Crippen LogP contribution in [0.4, 0.5) is 0 Å². The normalized spacial score (nSPS) is 16.5. The summed E-state index contributed by atoms with van der Waals surface area (Å²) in [5.74, 6) is -0.0908. The summed E-state index contributed by atoms with van der Waals surface area (Å²) in [7, 11) is 0. The lowest BCUT2D eigenvalue weighted by Gasteiger charge is -2.37. The summed E-state index contributed by atoms with van der Waals surface area (Å²) in [6.45, 7) is 0.472. The van der Waals surface area contributed by atoms with Crippen molar-refractivity contribution in [2.75, 3.05) is 0 Å². The highest BCUT2D eigenvalue weighted by Crippen LogP contribution is 2.38. The molecule has 0 atom stereocenters. The first-order chi connectivity index (χ1) is 22.0. The Labute approximate surface area is 271 Å². The highest BCUT2D eigenvalue weighted by molar-refractivity contribution is 7.21. The van der Waals surface area contributed by atoms with Gasteiger partial charge in [-0.3, -0.25) is 14.6 Å². The number of hydrogen-bond acceptors (Lipinski definition) is 4. The molecular weight excluding hydrogens is 598 g/mol. The largest absolute Gasteiger partial charge is 0.349 e. The number of nitrogens with zero attached hydrogens (tertiary/aromatic N) is 2. The van der Waals surface area contributed by atoms with Crippen LogP contribution in [-0.2, 0) is 6.54 Å². The molecule has 2 aromatic heterocycles. The highest BCUT2D eigenvalue weighted by atomic mass is 35.5. The minimum absolute atomic E-state index is 0.0223. The molecule has 0 unspecified atom stereocenters. The highest BCUT2D eigenvalue weighted by Gasteiger charge is 2.32. The molecular formula is C38H32ClN3O2S. The number of hydrogen-bond donors (Lipinski definition) is 1. The average Bonchev–Trinajstić information content (AvgIpc) is 3.43. The molecule has 1 aliphatic rings. The standard InChI is InChI=1S/C38H32ClN3O2S/c39-35-33-12-3-4-14-34(33)45-36(35)38(44)42(24-25-7-5-10-28(23-25)26-19-21-40-22-20-26)30-17-15-29(16-18-30)41-37(43)32-13-6-9-27-8-1-2-11-31(27)32/h1-14,19-23,29-30H,15-18,24H2,(H,41,43). The Morgan fingerprint density at radius 2 is 1.51 bits per heavy atom. The maximum atomic E-state index is 14.3. The van der Waals surface area contributed by atoms with Gasteiger partial charge in [-0.25, -0.2) is 0 Å². The maximum Gasteiger partial charge on any atom is 0.266 e. The fourth-order valence-corrected chi connectivity index (χ4v) is 7.93. The molecule has 1 saturated carbocycles. The zero-order valence-corrected chi connectivity index (χ0v) is 26.2. The first-order valence-electron chi connectivity index (χ1n) is 15.3. The van der Waals surface area contributed by atoms with E-state index >= 15 is 0 Å². The summed E-state index contributed by atoms with van der Waals surface area (Å²) in [5.41, 5.74) is 3.92. The maximum absolute atomic E-state index is 14.3. The van der Waals surface area contributed by atoms with Crippen molar-refractivity contribution in [3.8, 4) is 11.1 Å². The lowest BCUT2D eigenvalue weighted by Crippen LogP contribution is -2.46. The Kier molecular flexibility index (Phi) is 8.33. The van der Waals surface area contributed by atoms with Crippen molar-refractivity contribution in [3.63, 3.8) is 0 Å². The molecule has 0 saturated heterocycles. The van der Waals surface area contributed by atoms with Crippen LogP contribution in [0, 0.1) is 0 Å². The zero-order valence-electron chi connectivity index (χ0n) is 24.7. The Bertz CT molecular complexity index is 1990. The summed E-state index contributed by atoms with van der Waals surface area (Å²) in [5, 5.41) is 6.72. The van der Waals surface area contributed by atoms with Gasteiger partial charge in [0, 0.05) is 46.7 Å². The molecule has 2 amide bonds. The van der Waals surface area contributed by atoms with Crippen molar-refractivity contribution in [2.24, 2.45) is 0 Å². The van der Waals surface area contributed by atoms with Gasteiger partial charge in [-0.15, -0.1) is 11.3 Å². The molecule has 1 aliphatic carbocycles. The van der Waals surface area contributed by atoms with Crippen molar-refractivity contribution >= 4 is 55.6 Å². The van der Waals surface area contributed by atoms with Gasteiger partial charge in [0.1, 0.15) is 4.88 Å². The molecule has 0 bridgehead atoms. The van der Waals surface area contributed by atoms with E-state index in [9.17, 15) is 9.59 Å². The van der Waals surface area contributed by atoms with E-state index in [0.717, 1.165) is 63.2 Å². The monoisotopic (exact) mass is 629 g/mol. The minimum Gasteiger partial charge on any atom is -0.349 e. The Hall–Kier alpha value is -4.52. The van der Waals surface area contributed by atoms with Crippen molar-refractivity contribution < 1.29 is 9.59 Å². The molecule has 5 nitrogen and oxygen atoms in total. The molecule has 45 heavy (non-hydrogen) atoms. The summed E-state index contributed by atoms with van der Waals surface area (Å²) in [6.07, 6.45) is 6.75. The summed E-state index contributed by atoms with van der Waals surface area (Å²) < 4.78 is 1.00. The van der Waals surface area contributed by atoms with Crippen LogP contribution in [0.2, 0.25) is 5.02 Å². The fourth-order valence-electron chi connectivity index (χ4n) is 6.46. The Morgan fingerprint density at radius 3 is 2.31 bits per heavy atom. The Morgan fingerprint density at radius 1 is 0.800 bits per heavy atom. The van der Waals surface area contributed by atoms with Crippen LogP contribution in [0.25, 0.3) is 32.0 Å². The number of amides is 2. The predicted molar refractivity (Wildman–Crippen MR) is 184 cm³/mol. The molecule has 4 aromatic carbocycles. The van der Waals surface area contributed by atoms with Crippen LogP contribution in [-0.4, -0.2) is 33.8 Å². The zero-order chi connectivity index (χ0) is 30.8. The van der Waals surface area contributed by atoms with Gasteiger partial charge in [-0.2, -0.15) is 0 Å². The van der Waals surface area contributed by atoms with Gasteiger partial charge in [-0.1, -0.05) is 84.4 Å². The molecule has 0 radical (unpaired) electrons. The number of aromatic nitrogens is 1. The van der Waals surface area contributed by atoms with Crippen LogP contribution < -0.4 is 5.32 Å². The van der Waals surface area contributed by atoms with Crippen molar-refractivity contribution in [3.05, 3.63) is 137 Å². The molecule has 1 fully saturated rings. The number of carbonyl (C=O) groups excluding carboxylic acids is 2. The Balaban J connectivity index is 1.12. The van der Waals surface area contributed by atoms with Crippen LogP contribution in [0.1, 0.15) is 51.3 Å². The van der Waals surface area contributed by atoms with Crippen molar-refractivity contribution in [1.82, 2.24) is 15.2 Å². The van der Waals surface area contributed by atoms with Crippen molar-refractivity contribution in [2.45, 2.75) is 44.3 Å². The lowest BCUT2D eigenvalue weighted by molar-refractivity contribution is 0.0597. The molecule has 7 rings (SSSR count). The smallest absolute Gasteiger partial charge is 0.266 e. The van der Waals surface area contributed by atoms with Crippen LogP contribution in [0.5, 0.6) is 0 Å². The molecule has 1 N–H and O–H groups in total. The molecule has 0 aliphatic heterocycles. The molecule has 6 aromatic rings. The number of rotatable bonds is 7. The molecule has 7 heteroatoms. The van der Waals surface area contributed by atoms with Gasteiger partial charge in [0.15, 0.2) is 0 Å². The molecule has 0 spiro atoms. The van der Waals surface area contributed by atoms with E-state index in [1.165, 1.54) is 11.3 Å². The van der Waals surface area contributed by atoms with Gasteiger partial charge in [-0.05, 0) is 83.5 Å². The molecule has 2 heterocycles. The first-order valence-corrected chi connectivity index (χ1v) is 16.5. The third kappa shape index (κ3) is 6.08. The van der Waals surface area contributed by atoms with Gasteiger partial charge in [0.25, 0.3) is 11.8 Å². The predicted octanol–water partition coefficient (Wildman–Crippen LogP) is 9.15. The number of fused-ring (bicyclic) bond motifs is 2. The van der Waals surface area contributed by atoms with Crippen LogP contribution in [0.3, 0.4) is 0 Å². The lowest BCUT2D eigenvalue weighted by atomic mass is 9.89. The second-order valence-electron chi connectivity index (χ2n) is 11.6. The summed E-state index contributed by atoms with van der Waals surface area (Å²) >= 11 is 8.29. The van der Waals surface area contributed by atoms with E-state index in [2.05, 4.69) is 28.5 Å².